The monoisotopic (exact) mass is 370 g/mol. The first-order valence-electron chi connectivity index (χ1n) is 5.87. The van der Waals surface area contributed by atoms with Crippen molar-refractivity contribution in [2.45, 2.75) is 0 Å². The van der Waals surface area contributed by atoms with Gasteiger partial charge >= 0.3 is 28.3 Å². The van der Waals surface area contributed by atoms with Gasteiger partial charge in [0.1, 0.15) is 6.07 Å². The normalized spacial score (nSPS) is 12.2. The van der Waals surface area contributed by atoms with Crippen molar-refractivity contribution in [1.29, 1.82) is 5.26 Å². The molecule has 0 N–H and O–H groups in total. The molecule has 0 aliphatic rings. The summed E-state index contributed by atoms with van der Waals surface area (Å²) in [4.78, 5) is 7.44. The molecule has 1 aromatic rings. The van der Waals surface area contributed by atoms with Crippen LogP contribution in [0.25, 0.3) is 4.85 Å². The second-order valence-corrected chi connectivity index (χ2v) is 5.79. The fourth-order valence-corrected chi connectivity index (χ4v) is 1.64. The fourth-order valence-electron chi connectivity index (χ4n) is 1.25. The quantitative estimate of drug-likeness (QED) is 0.129. The van der Waals surface area contributed by atoms with Gasteiger partial charge in [0.2, 0.25) is 0 Å². The lowest BCUT2D eigenvalue weighted by molar-refractivity contribution is -0.166. The standard InChI is InChI=1S/C12H10N4O6S2/c1-14-12(16-20-23-22-19-2)10-6-4-9(5-7-10)11(8-13)15-21-24(3,17)18/h4-7H,2-3H3/b15-11+,16-12-. The van der Waals surface area contributed by atoms with Crippen molar-refractivity contribution >= 4 is 34.0 Å². The van der Waals surface area contributed by atoms with Crippen LogP contribution in [0.2, 0.25) is 0 Å². The minimum Gasteiger partial charge on any atom is -0.357 e. The molecule has 12 heteroatoms. The van der Waals surface area contributed by atoms with E-state index in [-0.39, 0.29) is 11.5 Å². The molecule has 0 spiro atoms. The van der Waals surface area contributed by atoms with E-state index < -0.39 is 10.1 Å². The van der Waals surface area contributed by atoms with Crippen LogP contribution in [0.4, 0.5) is 0 Å². The van der Waals surface area contributed by atoms with Gasteiger partial charge in [-0.3, -0.25) is 4.28 Å². The van der Waals surface area contributed by atoms with E-state index in [1.165, 1.54) is 31.4 Å². The molecule has 0 heterocycles. The zero-order valence-corrected chi connectivity index (χ0v) is 14.0. The zero-order valence-electron chi connectivity index (χ0n) is 12.4. The van der Waals surface area contributed by atoms with E-state index in [9.17, 15) is 8.42 Å². The number of nitriles is 1. The Morgan fingerprint density at radius 1 is 1.29 bits per heavy atom. The second kappa shape index (κ2) is 9.49. The molecular weight excluding hydrogens is 360 g/mol. The number of hydrogen-bond donors (Lipinski definition) is 0. The maximum absolute atomic E-state index is 10.9. The van der Waals surface area contributed by atoms with Gasteiger partial charge in [-0.15, -0.1) is 4.33 Å². The fraction of sp³-hybridized carbons (Fsp3) is 0.167. The van der Waals surface area contributed by atoms with Gasteiger partial charge < -0.3 is 4.85 Å². The summed E-state index contributed by atoms with van der Waals surface area (Å²) in [6.45, 7) is 7.06. The highest BCUT2D eigenvalue weighted by Crippen LogP contribution is 2.11. The number of benzene rings is 1. The Balaban J connectivity index is 2.95. The molecule has 0 radical (unpaired) electrons. The first-order chi connectivity index (χ1) is 11.4. The predicted molar refractivity (Wildman–Crippen MR) is 84.4 cm³/mol. The summed E-state index contributed by atoms with van der Waals surface area (Å²) in [6, 6.07) is 7.56. The van der Waals surface area contributed by atoms with E-state index in [0.717, 1.165) is 6.26 Å². The Morgan fingerprint density at radius 2 is 1.92 bits per heavy atom. The smallest absolute Gasteiger partial charge is 0.325 e. The van der Waals surface area contributed by atoms with E-state index in [1.807, 2.05) is 0 Å². The summed E-state index contributed by atoms with van der Waals surface area (Å²) in [5.74, 6) is -0.0726. The number of nitrogens with zero attached hydrogens (tertiary/aromatic N) is 4. The lowest BCUT2D eigenvalue weighted by Gasteiger charge is -2.01. The summed E-state index contributed by atoms with van der Waals surface area (Å²) in [7, 11) is -2.54. The molecule has 0 saturated heterocycles. The molecule has 0 unspecified atom stereocenters. The highest BCUT2D eigenvalue weighted by atomic mass is 32.2. The van der Waals surface area contributed by atoms with E-state index >= 15 is 0 Å². The third-order valence-electron chi connectivity index (χ3n) is 2.14. The molecule has 0 aromatic heterocycles. The van der Waals surface area contributed by atoms with Gasteiger partial charge in [-0.2, -0.15) is 13.7 Å². The first-order valence-corrected chi connectivity index (χ1v) is 8.35. The minimum atomic E-state index is -3.82. The Hall–Kier alpha value is -2.64. The second-order valence-electron chi connectivity index (χ2n) is 3.81. The average molecular weight is 370 g/mol. The third kappa shape index (κ3) is 6.64. The van der Waals surface area contributed by atoms with Crippen LogP contribution in [0.1, 0.15) is 11.1 Å². The van der Waals surface area contributed by atoms with Crippen molar-refractivity contribution in [2.75, 3.05) is 13.4 Å². The number of hydrogen-bond acceptors (Lipinski definition) is 10. The minimum absolute atomic E-state index is 0.0726. The Labute approximate surface area is 142 Å². The van der Waals surface area contributed by atoms with Crippen molar-refractivity contribution in [2.24, 2.45) is 10.3 Å². The molecule has 0 aliphatic carbocycles. The van der Waals surface area contributed by atoms with Crippen molar-refractivity contribution in [3.8, 4) is 6.07 Å². The van der Waals surface area contributed by atoms with Gasteiger partial charge in [-0.1, -0.05) is 36.0 Å². The summed E-state index contributed by atoms with van der Waals surface area (Å²) in [5.41, 5.74) is 0.453. The first kappa shape index (κ1) is 19.4. The molecule has 10 nitrogen and oxygen atoms in total. The lowest BCUT2D eigenvalue weighted by Crippen LogP contribution is -2.04. The van der Waals surface area contributed by atoms with Gasteiger partial charge in [0, 0.05) is 11.1 Å². The van der Waals surface area contributed by atoms with E-state index in [4.69, 9.17) is 11.8 Å². The van der Waals surface area contributed by atoms with Gasteiger partial charge in [-0.25, -0.2) is 9.17 Å². The number of rotatable bonds is 8. The predicted octanol–water partition coefficient (Wildman–Crippen LogP) is 1.63. The lowest BCUT2D eigenvalue weighted by atomic mass is 10.1. The molecule has 0 aliphatic heterocycles. The largest absolute Gasteiger partial charge is 0.357 e. The molecule has 0 saturated carbocycles. The summed E-state index contributed by atoms with van der Waals surface area (Å²) < 4.78 is 35.0. The summed E-state index contributed by atoms with van der Waals surface area (Å²) in [5, 5.41) is 15.8. The van der Waals surface area contributed by atoms with Gasteiger partial charge in [0.25, 0.3) is 0 Å². The van der Waals surface area contributed by atoms with Crippen LogP contribution in [-0.2, 0) is 27.9 Å². The Morgan fingerprint density at radius 3 is 2.42 bits per heavy atom. The van der Waals surface area contributed by atoms with Crippen molar-refractivity contribution in [3.63, 3.8) is 0 Å². The molecule has 0 bridgehead atoms. The molecule has 1 aromatic carbocycles. The van der Waals surface area contributed by atoms with E-state index in [2.05, 4.69) is 32.9 Å². The van der Waals surface area contributed by atoms with Crippen LogP contribution >= 0.6 is 12.3 Å². The molecule has 126 valence electrons. The molecular formula is C12H10N4O6S2. The Kier molecular flexibility index (Phi) is 7.67. The van der Waals surface area contributed by atoms with Gasteiger partial charge in [0.15, 0.2) is 5.71 Å². The van der Waals surface area contributed by atoms with Crippen molar-refractivity contribution in [1.82, 2.24) is 0 Å². The van der Waals surface area contributed by atoms with E-state index in [0.29, 0.717) is 23.5 Å². The number of amidine groups is 1. The van der Waals surface area contributed by atoms with Crippen molar-refractivity contribution in [3.05, 3.63) is 46.8 Å². The van der Waals surface area contributed by atoms with Gasteiger partial charge in [0.05, 0.1) is 18.5 Å². The summed E-state index contributed by atoms with van der Waals surface area (Å²) in [6.07, 6.45) is 0.804. The highest BCUT2D eigenvalue weighted by Gasteiger charge is 2.10. The maximum atomic E-state index is 10.9. The molecule has 0 fully saturated rings. The van der Waals surface area contributed by atoms with Crippen LogP contribution in [-0.4, -0.2) is 33.3 Å². The van der Waals surface area contributed by atoms with Crippen molar-refractivity contribution < 1.29 is 26.2 Å². The maximum Gasteiger partial charge on any atom is 0.325 e. The SMILES string of the molecule is [C-]#[N+]/C(=N\OSOOC)c1ccc(/C(C#N)=N/OS(C)(=O)=O)cc1. The van der Waals surface area contributed by atoms with Crippen LogP contribution in [0.5, 0.6) is 0 Å². The molecule has 1 rings (SSSR count). The summed E-state index contributed by atoms with van der Waals surface area (Å²) >= 11 is 0.424. The number of oxime groups is 2. The molecule has 0 atom stereocenters. The van der Waals surface area contributed by atoms with Crippen LogP contribution in [0, 0.1) is 17.9 Å². The van der Waals surface area contributed by atoms with Crippen LogP contribution < -0.4 is 0 Å². The molecule has 0 amide bonds. The topological polar surface area (TPSA) is 124 Å². The molecule has 24 heavy (non-hydrogen) atoms. The highest BCUT2D eigenvalue weighted by molar-refractivity contribution is 7.89. The third-order valence-corrected chi connectivity index (χ3v) is 2.81. The average Bonchev–Trinajstić information content (AvgIpc) is 2.55. The zero-order chi connectivity index (χ0) is 18.0. The van der Waals surface area contributed by atoms with Gasteiger partial charge in [-0.05, 0) is 0 Å². The Bertz CT molecular complexity index is 805. The van der Waals surface area contributed by atoms with Crippen LogP contribution in [0.15, 0.2) is 34.6 Å². The van der Waals surface area contributed by atoms with Crippen LogP contribution in [0.3, 0.4) is 0 Å². The van der Waals surface area contributed by atoms with E-state index in [1.54, 1.807) is 6.07 Å².